The van der Waals surface area contributed by atoms with Crippen LogP contribution in [-0.4, -0.2) is 26.7 Å². The molecule has 2 heterocycles. The molecule has 0 spiro atoms. The summed E-state index contributed by atoms with van der Waals surface area (Å²) in [5, 5.41) is 7.31. The van der Waals surface area contributed by atoms with E-state index in [0.29, 0.717) is 0 Å². The molecule has 0 radical (unpaired) electrons. The maximum atomic E-state index is 2.61. The van der Waals surface area contributed by atoms with Crippen LogP contribution in [0.2, 0.25) is 26.2 Å². The van der Waals surface area contributed by atoms with Gasteiger partial charge in [0.05, 0.1) is 34.1 Å². The Bertz CT molecular complexity index is 1850. The summed E-state index contributed by atoms with van der Waals surface area (Å²) in [4.78, 5) is 0. The lowest BCUT2D eigenvalue weighted by molar-refractivity contribution is 0.667. The Morgan fingerprint density at radius 2 is 1.37 bits per heavy atom. The van der Waals surface area contributed by atoms with E-state index in [1.54, 1.807) is 5.56 Å². The molecule has 0 fully saturated rings. The molecule has 0 aliphatic heterocycles. The summed E-state index contributed by atoms with van der Waals surface area (Å²) in [6, 6.07) is 32.5. The molecule has 0 N–H and O–H groups in total. The Morgan fingerprint density at radius 3 is 2.16 bits per heavy atom. The number of rotatable bonds is 4. The summed E-state index contributed by atoms with van der Waals surface area (Å²) in [7, 11) is -1.64. The predicted molar refractivity (Wildman–Crippen MR) is 171 cm³/mol. The Kier molecular flexibility index (Phi) is 5.53. The van der Waals surface area contributed by atoms with Crippen LogP contribution in [0.3, 0.4) is 0 Å². The van der Waals surface area contributed by atoms with Gasteiger partial charge in [-0.25, -0.2) is 0 Å². The third-order valence-electron chi connectivity index (χ3n) is 8.62. The maximum absolute atomic E-state index is 2.61. The molecular formula is C34H36N2Si2. The largest absolute Gasteiger partial charge is 0.313 e. The number of hydrogen-bond acceptors (Lipinski definition) is 0. The van der Waals surface area contributed by atoms with Gasteiger partial charge in [0.25, 0.3) is 0 Å². The summed E-state index contributed by atoms with van der Waals surface area (Å²) in [5.74, 6) is 0. The fourth-order valence-corrected chi connectivity index (χ4v) is 8.65. The molecular weight excluding hydrogens is 493 g/mol. The van der Waals surface area contributed by atoms with Crippen LogP contribution in [-0.2, 0) is 12.8 Å². The zero-order valence-corrected chi connectivity index (χ0v) is 25.4. The number of nitrogens with zero attached hydrogens (tertiary/aromatic N) is 2. The van der Waals surface area contributed by atoms with Crippen LogP contribution in [0.15, 0.2) is 84.9 Å². The average molecular weight is 529 g/mol. The Hall–Kier alpha value is -3.35. The topological polar surface area (TPSA) is 9.86 Å². The second-order valence-corrected chi connectivity index (χ2v) is 18.6. The summed E-state index contributed by atoms with van der Waals surface area (Å²) in [6.45, 7) is 9.72. The minimum absolute atomic E-state index is 0.220. The van der Waals surface area contributed by atoms with Crippen LogP contribution in [0.25, 0.3) is 44.1 Å². The van der Waals surface area contributed by atoms with Gasteiger partial charge in [0.1, 0.15) is 0 Å². The van der Waals surface area contributed by atoms with Gasteiger partial charge in [-0.3, -0.25) is 0 Å². The number of aromatic nitrogens is 2. The third kappa shape index (κ3) is 3.58. The van der Waals surface area contributed by atoms with E-state index >= 15 is 0 Å². The normalized spacial score (nSPS) is 14.3. The second-order valence-electron chi connectivity index (χ2n) is 12.0. The van der Waals surface area contributed by atoms with E-state index in [4.69, 9.17) is 0 Å². The van der Waals surface area contributed by atoms with Gasteiger partial charge < -0.3 is 9.13 Å². The number of aryl methyl sites for hydroxylation is 1. The molecule has 1 aliphatic carbocycles. The summed E-state index contributed by atoms with van der Waals surface area (Å²) in [5.41, 5.74) is 9.74. The standard InChI is InChI=1S/C34H36N2Si2/c1-37-25-13-9-11-23(21-25)35-29-17-7-5-15-27(29)33-31(35)19-20-32-34(33)28-16-6-8-18-30(28)36(32)24-12-10-14-26(22-24)38(2,3)4/h5,7,9-15,17,19-22H,6,8,16,18,37H2,1-4H3. The van der Waals surface area contributed by atoms with Crippen molar-refractivity contribution in [2.45, 2.75) is 51.9 Å². The van der Waals surface area contributed by atoms with E-state index in [2.05, 4.69) is 120 Å². The van der Waals surface area contributed by atoms with Gasteiger partial charge in [-0.05, 0) is 73.7 Å². The molecule has 0 bridgehead atoms. The molecule has 7 rings (SSSR count). The molecule has 0 saturated carbocycles. The van der Waals surface area contributed by atoms with Crippen molar-refractivity contribution in [1.29, 1.82) is 0 Å². The van der Waals surface area contributed by atoms with Crippen LogP contribution in [0.4, 0.5) is 0 Å². The predicted octanol–water partition coefficient (Wildman–Crippen LogP) is 6.99. The molecule has 4 heteroatoms. The van der Waals surface area contributed by atoms with E-state index in [1.807, 2.05) is 0 Å². The second kappa shape index (κ2) is 8.86. The van der Waals surface area contributed by atoms with Gasteiger partial charge in [0, 0.05) is 33.2 Å². The van der Waals surface area contributed by atoms with Crippen LogP contribution < -0.4 is 10.4 Å². The molecule has 4 aromatic carbocycles. The van der Waals surface area contributed by atoms with Gasteiger partial charge >= 0.3 is 0 Å². The lowest BCUT2D eigenvalue weighted by atomic mass is 9.94. The van der Waals surface area contributed by atoms with E-state index in [0.717, 1.165) is 6.42 Å². The Labute approximate surface area is 228 Å². The molecule has 6 aromatic rings. The number of benzene rings is 4. The minimum atomic E-state index is -1.42. The van der Waals surface area contributed by atoms with Crippen molar-refractivity contribution >= 4 is 60.7 Å². The molecule has 1 aliphatic rings. The zero-order valence-electron chi connectivity index (χ0n) is 23.0. The molecule has 2 aromatic heterocycles. The first-order chi connectivity index (χ1) is 18.5. The van der Waals surface area contributed by atoms with E-state index < -0.39 is 8.07 Å². The van der Waals surface area contributed by atoms with Crippen LogP contribution in [0.1, 0.15) is 24.1 Å². The first-order valence-corrected chi connectivity index (χ1v) is 19.9. The van der Waals surface area contributed by atoms with Crippen molar-refractivity contribution in [3.05, 3.63) is 96.2 Å². The highest BCUT2D eigenvalue weighted by atomic mass is 28.3. The Balaban J connectivity index is 1.60. The van der Waals surface area contributed by atoms with E-state index in [9.17, 15) is 0 Å². The van der Waals surface area contributed by atoms with Gasteiger partial charge in [0.2, 0.25) is 0 Å². The lowest BCUT2D eigenvalue weighted by Gasteiger charge is -2.20. The van der Waals surface area contributed by atoms with Crippen LogP contribution in [0.5, 0.6) is 0 Å². The highest BCUT2D eigenvalue weighted by molar-refractivity contribution is 6.88. The molecule has 0 amide bonds. The maximum Gasteiger partial charge on any atom is 0.0776 e. The van der Waals surface area contributed by atoms with Crippen LogP contribution >= 0.6 is 0 Å². The first kappa shape index (κ1) is 23.7. The number of fused-ring (bicyclic) bond motifs is 7. The van der Waals surface area contributed by atoms with Crippen molar-refractivity contribution < 1.29 is 0 Å². The van der Waals surface area contributed by atoms with Crippen molar-refractivity contribution in [2.24, 2.45) is 0 Å². The average Bonchev–Trinajstić information content (AvgIpc) is 3.45. The van der Waals surface area contributed by atoms with Gasteiger partial charge in [-0.2, -0.15) is 0 Å². The fourth-order valence-electron chi connectivity index (χ4n) is 6.69. The summed E-state index contributed by atoms with van der Waals surface area (Å²) in [6.07, 6.45) is 4.88. The van der Waals surface area contributed by atoms with Crippen molar-refractivity contribution in [2.75, 3.05) is 0 Å². The van der Waals surface area contributed by atoms with Crippen molar-refractivity contribution in [1.82, 2.24) is 9.13 Å². The number of para-hydroxylation sites is 1. The quantitative estimate of drug-likeness (QED) is 0.218. The first-order valence-electron chi connectivity index (χ1n) is 14.2. The smallest absolute Gasteiger partial charge is 0.0776 e. The minimum Gasteiger partial charge on any atom is -0.313 e. The molecule has 38 heavy (non-hydrogen) atoms. The van der Waals surface area contributed by atoms with Gasteiger partial charge in [-0.1, -0.05) is 79.0 Å². The van der Waals surface area contributed by atoms with E-state index in [-0.39, 0.29) is 9.52 Å². The number of hydrogen-bond donors (Lipinski definition) is 0. The van der Waals surface area contributed by atoms with Gasteiger partial charge in [-0.15, -0.1) is 0 Å². The van der Waals surface area contributed by atoms with Gasteiger partial charge in [0.15, 0.2) is 0 Å². The third-order valence-corrected chi connectivity index (χ3v) is 11.9. The monoisotopic (exact) mass is 528 g/mol. The molecule has 0 saturated heterocycles. The molecule has 2 nitrogen and oxygen atoms in total. The Morgan fingerprint density at radius 1 is 0.658 bits per heavy atom. The highest BCUT2D eigenvalue weighted by Crippen LogP contribution is 2.43. The molecule has 0 atom stereocenters. The summed E-state index contributed by atoms with van der Waals surface area (Å²) >= 11 is 0. The highest BCUT2D eigenvalue weighted by Gasteiger charge is 2.26. The summed E-state index contributed by atoms with van der Waals surface area (Å²) < 4.78 is 5.12. The van der Waals surface area contributed by atoms with Crippen molar-refractivity contribution in [3.8, 4) is 11.4 Å². The lowest BCUT2D eigenvalue weighted by Crippen LogP contribution is -2.37. The zero-order chi connectivity index (χ0) is 26.0. The fraction of sp³-hybridized carbons (Fsp3) is 0.235. The molecule has 190 valence electrons. The van der Waals surface area contributed by atoms with Crippen LogP contribution in [0, 0.1) is 0 Å². The molecule has 0 unspecified atom stereocenters. The SMILES string of the molecule is C[SiH2]c1cccc(-n2c3ccccc3c3c4c5c(n(-c6cccc([Si](C)(C)C)c6)c4ccc32)CCCC5)c1. The van der Waals surface area contributed by atoms with Crippen molar-refractivity contribution in [3.63, 3.8) is 0 Å². The van der Waals surface area contributed by atoms with E-state index in [1.165, 1.54) is 79.4 Å².